The summed E-state index contributed by atoms with van der Waals surface area (Å²) in [5, 5.41) is 0.619. The lowest BCUT2D eigenvalue weighted by Crippen LogP contribution is -2.39. The Kier molecular flexibility index (Phi) is 6.53. The number of Topliss-reactive ketones (excluding diaryl/α,β-unsaturated/α-hetero) is 1. The average molecular weight is 446 g/mol. The molecule has 150 valence electrons. The average Bonchev–Trinajstić information content (AvgIpc) is 2.93. The van der Waals surface area contributed by atoms with Gasteiger partial charge in [0, 0.05) is 29.6 Å². The van der Waals surface area contributed by atoms with E-state index in [0.29, 0.717) is 22.9 Å². The van der Waals surface area contributed by atoms with E-state index >= 15 is 0 Å². The molecular weight excluding hydrogens is 424 g/mol. The predicted molar refractivity (Wildman–Crippen MR) is 119 cm³/mol. The first-order valence-electron chi connectivity index (χ1n) is 9.72. The van der Waals surface area contributed by atoms with Gasteiger partial charge < -0.3 is 4.90 Å². The molecule has 4 nitrogen and oxygen atoms in total. The van der Waals surface area contributed by atoms with Gasteiger partial charge in [0.25, 0.3) is 0 Å². The summed E-state index contributed by atoms with van der Waals surface area (Å²) in [6, 6.07) is 15.1. The molecule has 0 bridgehead atoms. The fraction of sp³-hybridized carbons (Fsp3) is 0.318. The lowest BCUT2D eigenvalue weighted by Gasteiger charge is -2.18. The van der Waals surface area contributed by atoms with Gasteiger partial charge in [-0.2, -0.15) is 4.57 Å². The van der Waals surface area contributed by atoms with Gasteiger partial charge in [-0.15, -0.1) is 0 Å². The van der Waals surface area contributed by atoms with Crippen molar-refractivity contribution in [2.45, 2.75) is 36.6 Å². The summed E-state index contributed by atoms with van der Waals surface area (Å²) in [5.74, 6) is 0.906. The van der Waals surface area contributed by atoms with E-state index in [-0.39, 0.29) is 18.2 Å². The molecule has 0 saturated carbocycles. The number of para-hydroxylation sites is 1. The van der Waals surface area contributed by atoms with Crippen molar-refractivity contribution in [2.75, 3.05) is 12.4 Å². The molecule has 1 aliphatic heterocycles. The minimum atomic E-state index is 0.0444. The topological polar surface area (TPSA) is 41.3 Å². The van der Waals surface area contributed by atoms with Crippen LogP contribution in [0.25, 0.3) is 10.2 Å². The van der Waals surface area contributed by atoms with E-state index in [0.717, 1.165) is 40.4 Å². The van der Waals surface area contributed by atoms with Crippen molar-refractivity contribution in [2.24, 2.45) is 0 Å². The van der Waals surface area contributed by atoms with Crippen LogP contribution in [0, 0.1) is 0 Å². The number of nitrogens with zero attached hydrogens (tertiary/aromatic N) is 2. The molecule has 3 aromatic rings. The number of ketones is 1. The third-order valence-corrected chi connectivity index (χ3v) is 7.78. The van der Waals surface area contributed by atoms with E-state index in [2.05, 4.69) is 10.6 Å². The van der Waals surface area contributed by atoms with Crippen LogP contribution in [0.3, 0.4) is 0 Å². The second-order valence-electron chi connectivity index (χ2n) is 7.09. The molecule has 0 atom stereocenters. The van der Waals surface area contributed by atoms with Crippen LogP contribution in [0.4, 0.5) is 0 Å². The number of carbonyl (C=O) groups excluding carboxylic acids is 2. The summed E-state index contributed by atoms with van der Waals surface area (Å²) in [6.45, 7) is 1.09. The molecule has 0 unspecified atom stereocenters. The minimum Gasteiger partial charge on any atom is -0.333 e. The molecule has 1 aromatic heterocycles. The van der Waals surface area contributed by atoms with Gasteiger partial charge in [-0.05, 0) is 54.9 Å². The molecule has 2 aromatic carbocycles. The number of thiazole rings is 1. The number of amides is 1. The van der Waals surface area contributed by atoms with Gasteiger partial charge in [0.1, 0.15) is 4.70 Å². The van der Waals surface area contributed by atoms with Crippen LogP contribution in [0.1, 0.15) is 36.0 Å². The number of benzene rings is 2. The van der Waals surface area contributed by atoms with Gasteiger partial charge in [-0.3, -0.25) is 9.59 Å². The Morgan fingerprint density at radius 3 is 2.72 bits per heavy atom. The molecule has 1 fully saturated rings. The zero-order valence-electron chi connectivity index (χ0n) is 16.0. The van der Waals surface area contributed by atoms with E-state index in [4.69, 9.17) is 11.6 Å². The second kappa shape index (κ2) is 9.28. The number of fused-ring (bicyclic) bond motifs is 1. The van der Waals surface area contributed by atoms with Crippen molar-refractivity contribution >= 4 is 56.6 Å². The van der Waals surface area contributed by atoms with Crippen LogP contribution in [0.2, 0.25) is 5.02 Å². The van der Waals surface area contributed by atoms with Gasteiger partial charge in [-0.1, -0.05) is 41.5 Å². The predicted octanol–water partition coefficient (Wildman–Crippen LogP) is 5.18. The first kappa shape index (κ1) is 20.4. The first-order valence-corrected chi connectivity index (χ1v) is 11.9. The zero-order valence-corrected chi connectivity index (χ0v) is 18.4. The second-order valence-corrected chi connectivity index (χ2v) is 9.75. The standard InChI is InChI=1S/C22H22ClN2O2S2/c23-17-11-9-16(10-12-17)19(26)14-25-18-6-3-4-7-20(18)29-22(25)28-15-24-13-5-1-2-8-21(24)27/h3-4,6-7,9-12H,1-2,5,8,13-15H2/q+1. The van der Waals surface area contributed by atoms with Crippen molar-refractivity contribution < 1.29 is 14.2 Å². The quantitative estimate of drug-likeness (QED) is 0.298. The Morgan fingerprint density at radius 2 is 1.90 bits per heavy atom. The number of halogens is 1. The third-order valence-electron chi connectivity index (χ3n) is 5.06. The number of hydrogen-bond acceptors (Lipinski definition) is 4. The number of hydrogen-bond donors (Lipinski definition) is 0. The molecule has 7 heteroatoms. The largest absolute Gasteiger partial charge is 0.333 e. The minimum absolute atomic E-state index is 0.0444. The first-order chi connectivity index (χ1) is 14.1. The van der Waals surface area contributed by atoms with E-state index in [9.17, 15) is 9.59 Å². The maximum absolute atomic E-state index is 12.9. The molecule has 1 amide bonds. The molecule has 0 radical (unpaired) electrons. The zero-order chi connectivity index (χ0) is 20.2. The van der Waals surface area contributed by atoms with Crippen molar-refractivity contribution in [3.8, 4) is 0 Å². The molecule has 2 heterocycles. The van der Waals surface area contributed by atoms with Gasteiger partial charge in [-0.25, -0.2) is 0 Å². The molecule has 1 aliphatic rings. The van der Waals surface area contributed by atoms with Crippen LogP contribution in [-0.4, -0.2) is 29.0 Å². The number of aromatic nitrogens is 1. The number of carbonyl (C=O) groups is 2. The number of thioether (sulfide) groups is 1. The maximum Gasteiger partial charge on any atom is 0.300 e. The molecule has 0 spiro atoms. The summed E-state index contributed by atoms with van der Waals surface area (Å²) < 4.78 is 4.26. The van der Waals surface area contributed by atoms with Crippen molar-refractivity contribution in [1.29, 1.82) is 0 Å². The van der Waals surface area contributed by atoms with Crippen LogP contribution in [0.15, 0.2) is 52.9 Å². The monoisotopic (exact) mass is 445 g/mol. The Labute approximate surface area is 183 Å². The Hall–Kier alpha value is -1.89. The normalized spacial score (nSPS) is 14.9. The van der Waals surface area contributed by atoms with Gasteiger partial charge >= 0.3 is 4.34 Å². The molecule has 29 heavy (non-hydrogen) atoms. The van der Waals surface area contributed by atoms with Gasteiger partial charge in [0.15, 0.2) is 0 Å². The molecule has 0 aliphatic carbocycles. The van der Waals surface area contributed by atoms with Crippen LogP contribution in [0.5, 0.6) is 0 Å². The Morgan fingerprint density at radius 1 is 1.10 bits per heavy atom. The van der Waals surface area contributed by atoms with Crippen molar-refractivity contribution in [3.05, 3.63) is 59.1 Å². The third kappa shape index (κ3) is 4.82. The lowest BCUT2D eigenvalue weighted by atomic mass is 10.1. The van der Waals surface area contributed by atoms with E-state index in [1.165, 1.54) is 0 Å². The lowest BCUT2D eigenvalue weighted by molar-refractivity contribution is -0.688. The fourth-order valence-corrected chi connectivity index (χ4v) is 5.99. The number of likely N-dealkylation sites (tertiary alicyclic amines) is 1. The van der Waals surface area contributed by atoms with E-state index in [1.54, 1.807) is 47.4 Å². The summed E-state index contributed by atoms with van der Waals surface area (Å²) in [6.07, 6.45) is 3.81. The van der Waals surface area contributed by atoms with Gasteiger partial charge in [0.2, 0.25) is 23.8 Å². The van der Waals surface area contributed by atoms with Gasteiger partial charge in [0.05, 0.1) is 5.88 Å². The highest BCUT2D eigenvalue weighted by molar-refractivity contribution is 8.00. The van der Waals surface area contributed by atoms with Crippen molar-refractivity contribution in [1.82, 2.24) is 4.90 Å². The highest BCUT2D eigenvalue weighted by Gasteiger charge is 2.26. The number of rotatable bonds is 6. The van der Waals surface area contributed by atoms with E-state index < -0.39 is 0 Å². The van der Waals surface area contributed by atoms with E-state index in [1.807, 2.05) is 23.1 Å². The van der Waals surface area contributed by atoms with Crippen molar-refractivity contribution in [3.63, 3.8) is 0 Å². The summed E-state index contributed by atoms with van der Waals surface area (Å²) >= 11 is 9.27. The summed E-state index contributed by atoms with van der Waals surface area (Å²) in [5.41, 5.74) is 1.69. The Bertz CT molecular complexity index is 1030. The maximum atomic E-state index is 12.9. The SMILES string of the molecule is O=C(C[n+]1c(SCN2CCCCCC2=O)sc2ccccc21)c1ccc(Cl)cc1. The highest BCUT2D eigenvalue weighted by atomic mass is 35.5. The molecular formula is C22H22ClN2O2S2+. The van der Waals surface area contributed by atoms with Crippen LogP contribution in [-0.2, 0) is 11.3 Å². The Balaban J connectivity index is 1.57. The molecule has 0 N–H and O–H groups in total. The summed E-state index contributed by atoms with van der Waals surface area (Å²) in [4.78, 5) is 27.2. The van der Waals surface area contributed by atoms with Crippen LogP contribution >= 0.6 is 34.7 Å². The molecule has 4 rings (SSSR count). The molecule has 1 saturated heterocycles. The highest BCUT2D eigenvalue weighted by Crippen LogP contribution is 2.29. The summed E-state index contributed by atoms with van der Waals surface area (Å²) in [7, 11) is 0. The smallest absolute Gasteiger partial charge is 0.300 e. The fourth-order valence-electron chi connectivity index (χ4n) is 3.45. The van der Waals surface area contributed by atoms with Crippen LogP contribution < -0.4 is 4.57 Å².